The SMILES string of the molecule is CCNC(=O)C1COCCN1C(=O)[C@@H](C)N. The molecule has 1 aliphatic heterocycles. The molecule has 1 saturated heterocycles. The summed E-state index contributed by atoms with van der Waals surface area (Å²) >= 11 is 0. The molecule has 0 aromatic carbocycles. The molecule has 0 aromatic rings. The number of carbonyl (C=O) groups excluding carboxylic acids is 2. The second-order valence-corrected chi connectivity index (χ2v) is 3.81. The van der Waals surface area contributed by atoms with Crippen molar-refractivity contribution in [3.05, 3.63) is 0 Å². The molecule has 6 nitrogen and oxygen atoms in total. The van der Waals surface area contributed by atoms with Gasteiger partial charge in [0.05, 0.1) is 19.3 Å². The lowest BCUT2D eigenvalue weighted by atomic mass is 10.1. The highest BCUT2D eigenvalue weighted by Gasteiger charge is 2.33. The Bertz CT molecular complexity index is 268. The average molecular weight is 229 g/mol. The molecule has 0 aromatic heterocycles. The van der Waals surface area contributed by atoms with E-state index in [-0.39, 0.29) is 18.4 Å². The quantitative estimate of drug-likeness (QED) is 0.630. The van der Waals surface area contributed by atoms with Crippen LogP contribution in [0.2, 0.25) is 0 Å². The van der Waals surface area contributed by atoms with Crippen molar-refractivity contribution in [2.24, 2.45) is 5.73 Å². The van der Waals surface area contributed by atoms with Crippen molar-refractivity contribution in [3.63, 3.8) is 0 Å². The highest BCUT2D eigenvalue weighted by atomic mass is 16.5. The van der Waals surface area contributed by atoms with Crippen molar-refractivity contribution >= 4 is 11.8 Å². The molecule has 0 radical (unpaired) electrons. The Kier molecular flexibility index (Phi) is 4.70. The van der Waals surface area contributed by atoms with E-state index in [1.165, 1.54) is 4.90 Å². The summed E-state index contributed by atoms with van der Waals surface area (Å²) in [6.07, 6.45) is 0. The maximum Gasteiger partial charge on any atom is 0.245 e. The van der Waals surface area contributed by atoms with Gasteiger partial charge in [-0.15, -0.1) is 0 Å². The minimum absolute atomic E-state index is 0.184. The van der Waals surface area contributed by atoms with E-state index >= 15 is 0 Å². The molecule has 1 unspecified atom stereocenters. The summed E-state index contributed by atoms with van der Waals surface area (Å²) in [4.78, 5) is 25.0. The summed E-state index contributed by atoms with van der Waals surface area (Å²) < 4.78 is 5.21. The van der Waals surface area contributed by atoms with E-state index < -0.39 is 12.1 Å². The fraction of sp³-hybridized carbons (Fsp3) is 0.800. The van der Waals surface area contributed by atoms with Crippen molar-refractivity contribution < 1.29 is 14.3 Å². The molecular formula is C10H19N3O3. The molecule has 1 heterocycles. The number of nitrogens with zero attached hydrogens (tertiary/aromatic N) is 1. The normalized spacial score (nSPS) is 22.7. The Labute approximate surface area is 95.1 Å². The molecule has 1 fully saturated rings. The highest BCUT2D eigenvalue weighted by Crippen LogP contribution is 2.08. The van der Waals surface area contributed by atoms with Crippen LogP contribution in [0.1, 0.15) is 13.8 Å². The molecule has 16 heavy (non-hydrogen) atoms. The van der Waals surface area contributed by atoms with Crippen LogP contribution in [0.4, 0.5) is 0 Å². The first kappa shape index (κ1) is 12.9. The number of likely N-dealkylation sites (N-methyl/N-ethyl adjacent to an activating group) is 1. The first-order valence-electron chi connectivity index (χ1n) is 5.49. The third-order valence-electron chi connectivity index (χ3n) is 2.45. The fourth-order valence-electron chi connectivity index (χ4n) is 1.64. The molecule has 0 spiro atoms. The van der Waals surface area contributed by atoms with E-state index in [0.29, 0.717) is 19.7 Å². The lowest BCUT2D eigenvalue weighted by Gasteiger charge is -2.35. The van der Waals surface area contributed by atoms with Gasteiger partial charge in [0.2, 0.25) is 11.8 Å². The Balaban J connectivity index is 2.71. The van der Waals surface area contributed by atoms with Crippen LogP contribution in [0, 0.1) is 0 Å². The topological polar surface area (TPSA) is 84.7 Å². The van der Waals surface area contributed by atoms with Gasteiger partial charge in [-0.05, 0) is 13.8 Å². The van der Waals surface area contributed by atoms with Crippen LogP contribution in [-0.2, 0) is 14.3 Å². The zero-order valence-corrected chi connectivity index (χ0v) is 9.73. The first-order chi connectivity index (χ1) is 7.57. The molecule has 0 saturated carbocycles. The number of hydrogen-bond acceptors (Lipinski definition) is 4. The van der Waals surface area contributed by atoms with Crippen LogP contribution in [0.3, 0.4) is 0 Å². The third kappa shape index (κ3) is 2.93. The van der Waals surface area contributed by atoms with Crippen LogP contribution >= 0.6 is 0 Å². The Hall–Kier alpha value is -1.14. The molecule has 92 valence electrons. The lowest BCUT2D eigenvalue weighted by molar-refractivity contribution is -0.149. The summed E-state index contributed by atoms with van der Waals surface area (Å²) in [6.45, 7) is 5.10. The molecule has 1 aliphatic rings. The fourth-order valence-corrected chi connectivity index (χ4v) is 1.64. The van der Waals surface area contributed by atoms with Crippen molar-refractivity contribution in [1.82, 2.24) is 10.2 Å². The summed E-state index contributed by atoms with van der Waals surface area (Å²) in [7, 11) is 0. The van der Waals surface area contributed by atoms with E-state index in [1.54, 1.807) is 6.92 Å². The van der Waals surface area contributed by atoms with Crippen molar-refractivity contribution in [2.75, 3.05) is 26.3 Å². The number of morpholine rings is 1. The summed E-state index contributed by atoms with van der Waals surface area (Å²) in [6, 6.07) is -1.14. The van der Waals surface area contributed by atoms with Crippen LogP contribution in [0.5, 0.6) is 0 Å². The molecule has 3 N–H and O–H groups in total. The van der Waals surface area contributed by atoms with Gasteiger partial charge in [0.15, 0.2) is 0 Å². The minimum atomic E-state index is -0.588. The number of carbonyl (C=O) groups is 2. The predicted octanol–water partition coefficient (Wildman–Crippen LogP) is -1.30. The van der Waals surface area contributed by atoms with E-state index in [9.17, 15) is 9.59 Å². The Morgan fingerprint density at radius 3 is 2.88 bits per heavy atom. The summed E-state index contributed by atoms with van der Waals surface area (Å²) in [5.41, 5.74) is 5.54. The number of hydrogen-bond donors (Lipinski definition) is 2. The summed E-state index contributed by atoms with van der Waals surface area (Å²) in [5.74, 6) is -0.393. The maximum absolute atomic E-state index is 11.8. The van der Waals surface area contributed by atoms with E-state index in [2.05, 4.69) is 5.32 Å². The Morgan fingerprint density at radius 2 is 2.31 bits per heavy atom. The van der Waals surface area contributed by atoms with E-state index in [4.69, 9.17) is 10.5 Å². The third-order valence-corrected chi connectivity index (χ3v) is 2.45. The smallest absolute Gasteiger partial charge is 0.245 e. The van der Waals surface area contributed by atoms with E-state index in [0.717, 1.165) is 0 Å². The van der Waals surface area contributed by atoms with Gasteiger partial charge in [-0.2, -0.15) is 0 Å². The predicted molar refractivity (Wildman–Crippen MR) is 58.7 cm³/mol. The van der Waals surface area contributed by atoms with Crippen LogP contribution in [0.25, 0.3) is 0 Å². The zero-order chi connectivity index (χ0) is 12.1. The largest absolute Gasteiger partial charge is 0.377 e. The number of rotatable bonds is 3. The molecule has 0 aliphatic carbocycles. The second kappa shape index (κ2) is 5.81. The van der Waals surface area contributed by atoms with Crippen molar-refractivity contribution in [2.45, 2.75) is 25.9 Å². The Morgan fingerprint density at radius 1 is 1.62 bits per heavy atom. The minimum Gasteiger partial charge on any atom is -0.377 e. The van der Waals surface area contributed by atoms with Gasteiger partial charge in [-0.1, -0.05) is 0 Å². The van der Waals surface area contributed by atoms with Gasteiger partial charge in [0, 0.05) is 13.1 Å². The zero-order valence-electron chi connectivity index (χ0n) is 9.73. The van der Waals surface area contributed by atoms with E-state index in [1.807, 2.05) is 6.92 Å². The van der Waals surface area contributed by atoms with Gasteiger partial charge in [-0.3, -0.25) is 9.59 Å². The number of nitrogens with one attached hydrogen (secondary N) is 1. The first-order valence-corrected chi connectivity index (χ1v) is 5.49. The number of nitrogens with two attached hydrogens (primary N) is 1. The van der Waals surface area contributed by atoms with Crippen LogP contribution < -0.4 is 11.1 Å². The number of amides is 2. The number of ether oxygens (including phenoxy) is 1. The molecule has 2 atom stereocenters. The maximum atomic E-state index is 11.8. The van der Waals surface area contributed by atoms with Crippen LogP contribution in [0.15, 0.2) is 0 Å². The van der Waals surface area contributed by atoms with Crippen molar-refractivity contribution in [1.29, 1.82) is 0 Å². The van der Waals surface area contributed by atoms with Gasteiger partial charge >= 0.3 is 0 Å². The molecule has 0 bridgehead atoms. The van der Waals surface area contributed by atoms with Gasteiger partial charge in [0.1, 0.15) is 6.04 Å². The summed E-state index contributed by atoms with van der Waals surface area (Å²) in [5, 5.41) is 2.69. The standard InChI is InChI=1S/C10H19N3O3/c1-3-12-9(14)8-6-16-5-4-13(8)10(15)7(2)11/h7-8H,3-6,11H2,1-2H3,(H,12,14)/t7-,8?/m1/s1. The molecule has 6 heteroatoms. The lowest BCUT2D eigenvalue weighted by Crippen LogP contribution is -2.58. The van der Waals surface area contributed by atoms with Crippen LogP contribution in [-0.4, -0.2) is 55.1 Å². The average Bonchev–Trinajstić information content (AvgIpc) is 2.28. The highest BCUT2D eigenvalue weighted by molar-refractivity contribution is 5.89. The molecule has 1 rings (SSSR count). The monoisotopic (exact) mass is 229 g/mol. The van der Waals surface area contributed by atoms with Gasteiger partial charge < -0.3 is 20.7 Å². The van der Waals surface area contributed by atoms with Gasteiger partial charge in [0.25, 0.3) is 0 Å². The molecule has 2 amide bonds. The second-order valence-electron chi connectivity index (χ2n) is 3.81. The molecular weight excluding hydrogens is 210 g/mol. The van der Waals surface area contributed by atoms with Crippen molar-refractivity contribution in [3.8, 4) is 0 Å². The van der Waals surface area contributed by atoms with Gasteiger partial charge in [-0.25, -0.2) is 0 Å².